The van der Waals surface area contributed by atoms with E-state index in [2.05, 4.69) is 10.5 Å². The fourth-order valence-electron chi connectivity index (χ4n) is 3.29. The molecule has 1 aromatic heterocycles. The number of rotatable bonds is 6. The minimum atomic E-state index is -1.11. The zero-order chi connectivity index (χ0) is 20.9. The van der Waals surface area contributed by atoms with Crippen LogP contribution < -0.4 is 5.32 Å². The molecule has 0 fully saturated rings. The van der Waals surface area contributed by atoms with Crippen molar-refractivity contribution in [2.45, 2.75) is 19.4 Å². The molecule has 1 N–H and O–H groups in total. The second-order valence-corrected chi connectivity index (χ2v) is 6.91. The van der Waals surface area contributed by atoms with Gasteiger partial charge in [-0.2, -0.15) is 0 Å². The molecule has 3 aromatic carbocycles. The Kier molecular flexibility index (Phi) is 5.57. The van der Waals surface area contributed by atoms with Crippen LogP contribution in [0, 0.1) is 6.92 Å². The van der Waals surface area contributed by atoms with E-state index < -0.39 is 18.0 Å². The Morgan fingerprint density at radius 1 is 1.00 bits per heavy atom. The molecule has 0 radical (unpaired) electrons. The van der Waals surface area contributed by atoms with Crippen LogP contribution in [0.1, 0.15) is 23.0 Å². The molecule has 1 amide bonds. The maximum absolute atomic E-state index is 12.9. The minimum Gasteiger partial charge on any atom is -0.447 e. The van der Waals surface area contributed by atoms with Gasteiger partial charge in [0.1, 0.15) is 5.76 Å². The average Bonchev–Trinajstić information content (AvgIpc) is 3.17. The van der Waals surface area contributed by atoms with Crippen LogP contribution in [0.4, 0.5) is 5.82 Å². The van der Waals surface area contributed by atoms with Crippen molar-refractivity contribution in [1.82, 2.24) is 5.16 Å². The van der Waals surface area contributed by atoms with Gasteiger partial charge in [0, 0.05) is 11.6 Å². The highest BCUT2D eigenvalue weighted by molar-refractivity contribution is 5.96. The summed E-state index contributed by atoms with van der Waals surface area (Å²) in [5, 5.41) is 8.43. The predicted molar refractivity (Wildman–Crippen MR) is 113 cm³/mol. The predicted octanol–water partition coefficient (Wildman–Crippen LogP) is 4.60. The van der Waals surface area contributed by atoms with E-state index in [0.717, 1.165) is 16.3 Å². The van der Waals surface area contributed by atoms with Crippen LogP contribution in [0.25, 0.3) is 10.8 Å². The van der Waals surface area contributed by atoms with E-state index in [1.165, 1.54) is 0 Å². The molecular weight excluding hydrogens is 380 g/mol. The highest BCUT2D eigenvalue weighted by Crippen LogP contribution is 2.23. The van der Waals surface area contributed by atoms with Crippen molar-refractivity contribution in [2.24, 2.45) is 0 Å². The summed E-state index contributed by atoms with van der Waals surface area (Å²) in [5.41, 5.74) is 1.42. The number of nitrogens with one attached hydrogen (secondary N) is 1. The summed E-state index contributed by atoms with van der Waals surface area (Å²) in [7, 11) is 0. The summed E-state index contributed by atoms with van der Waals surface area (Å²) >= 11 is 0. The van der Waals surface area contributed by atoms with Gasteiger partial charge in [0.15, 0.2) is 5.82 Å². The molecule has 4 aromatic rings. The minimum absolute atomic E-state index is 0.0566. The Bertz CT molecular complexity index is 1180. The third kappa shape index (κ3) is 4.38. The number of amides is 1. The van der Waals surface area contributed by atoms with Crippen molar-refractivity contribution in [3.63, 3.8) is 0 Å². The molecule has 1 heterocycles. The highest BCUT2D eigenvalue weighted by Gasteiger charge is 2.26. The van der Waals surface area contributed by atoms with Crippen LogP contribution in [0.3, 0.4) is 0 Å². The van der Waals surface area contributed by atoms with Crippen LogP contribution >= 0.6 is 0 Å². The van der Waals surface area contributed by atoms with E-state index in [1.807, 2.05) is 48.5 Å². The van der Waals surface area contributed by atoms with E-state index in [4.69, 9.17) is 9.26 Å². The van der Waals surface area contributed by atoms with E-state index in [-0.39, 0.29) is 12.2 Å². The lowest BCUT2D eigenvalue weighted by Crippen LogP contribution is -2.26. The first kappa shape index (κ1) is 19.4. The Morgan fingerprint density at radius 3 is 2.50 bits per heavy atom. The Balaban J connectivity index is 1.55. The quantitative estimate of drug-likeness (QED) is 0.478. The number of ether oxygens (including phenoxy) is 1. The van der Waals surface area contributed by atoms with Gasteiger partial charge < -0.3 is 14.6 Å². The second-order valence-electron chi connectivity index (χ2n) is 6.91. The fraction of sp³-hybridized carbons (Fsp3) is 0.125. The molecule has 0 unspecified atom stereocenters. The smallest absolute Gasteiger partial charge is 0.311 e. The van der Waals surface area contributed by atoms with E-state index in [1.54, 1.807) is 37.3 Å². The van der Waals surface area contributed by atoms with Gasteiger partial charge in [-0.05, 0) is 23.3 Å². The third-order valence-electron chi connectivity index (χ3n) is 4.68. The van der Waals surface area contributed by atoms with Gasteiger partial charge in [-0.15, -0.1) is 0 Å². The number of aromatic nitrogens is 1. The van der Waals surface area contributed by atoms with E-state index in [0.29, 0.717) is 11.3 Å². The molecule has 0 aliphatic rings. The molecular formula is C24H20N2O4. The van der Waals surface area contributed by atoms with E-state index in [9.17, 15) is 9.59 Å². The first-order valence-corrected chi connectivity index (χ1v) is 9.55. The number of nitrogens with zero attached hydrogens (tertiary/aromatic N) is 1. The van der Waals surface area contributed by atoms with Gasteiger partial charge in [-0.1, -0.05) is 78.0 Å². The van der Waals surface area contributed by atoms with Crippen LogP contribution in [0.15, 0.2) is 83.4 Å². The molecule has 6 nitrogen and oxygen atoms in total. The number of hydrogen-bond donors (Lipinski definition) is 1. The van der Waals surface area contributed by atoms with Crippen molar-refractivity contribution < 1.29 is 18.8 Å². The van der Waals surface area contributed by atoms with Gasteiger partial charge in [0.25, 0.3) is 5.91 Å². The third-order valence-corrected chi connectivity index (χ3v) is 4.68. The number of esters is 1. The molecule has 4 rings (SSSR count). The van der Waals surface area contributed by atoms with Gasteiger partial charge >= 0.3 is 5.97 Å². The maximum Gasteiger partial charge on any atom is 0.311 e. The lowest BCUT2D eigenvalue weighted by molar-refractivity contribution is -0.154. The Morgan fingerprint density at radius 2 is 1.73 bits per heavy atom. The van der Waals surface area contributed by atoms with E-state index >= 15 is 0 Å². The number of anilines is 1. The van der Waals surface area contributed by atoms with Gasteiger partial charge in [-0.3, -0.25) is 9.59 Å². The first-order valence-electron chi connectivity index (χ1n) is 9.55. The summed E-state index contributed by atoms with van der Waals surface area (Å²) in [4.78, 5) is 25.6. The van der Waals surface area contributed by atoms with Crippen LogP contribution in [-0.4, -0.2) is 17.0 Å². The number of hydrogen-bond acceptors (Lipinski definition) is 5. The molecule has 0 saturated heterocycles. The molecule has 30 heavy (non-hydrogen) atoms. The summed E-state index contributed by atoms with van der Waals surface area (Å²) in [5.74, 6) is -0.162. The number of carbonyl (C=O) groups is 2. The van der Waals surface area contributed by atoms with Crippen molar-refractivity contribution in [3.05, 3.63) is 95.7 Å². The van der Waals surface area contributed by atoms with Crippen molar-refractivity contribution >= 4 is 28.5 Å². The summed E-state index contributed by atoms with van der Waals surface area (Å²) in [6.07, 6.45) is -1.05. The summed E-state index contributed by atoms with van der Waals surface area (Å²) in [6.45, 7) is 1.72. The standard InChI is InChI=1S/C24H20N2O4/c1-16-14-21(26-30-16)25-24(28)23(18-9-3-2-4-10-18)29-22(27)15-19-12-7-11-17-8-5-6-13-20(17)19/h2-14,23H,15H2,1H3,(H,25,26,28)/t23-/m0/s1. The van der Waals surface area contributed by atoms with Gasteiger partial charge in [0.2, 0.25) is 6.10 Å². The van der Waals surface area contributed by atoms with Crippen LogP contribution in [0.5, 0.6) is 0 Å². The average molecular weight is 400 g/mol. The molecule has 6 heteroatoms. The lowest BCUT2D eigenvalue weighted by Gasteiger charge is -2.17. The molecule has 1 atom stereocenters. The van der Waals surface area contributed by atoms with Crippen molar-refractivity contribution in [2.75, 3.05) is 5.32 Å². The lowest BCUT2D eigenvalue weighted by atomic mass is 10.0. The molecule has 0 saturated carbocycles. The molecule has 0 bridgehead atoms. The normalized spacial score (nSPS) is 11.8. The maximum atomic E-state index is 12.9. The monoisotopic (exact) mass is 400 g/mol. The van der Waals surface area contributed by atoms with Crippen molar-refractivity contribution in [3.8, 4) is 0 Å². The highest BCUT2D eigenvalue weighted by atomic mass is 16.5. The summed E-state index contributed by atoms with van der Waals surface area (Å²) in [6, 6.07) is 24.1. The van der Waals surface area contributed by atoms with Crippen LogP contribution in [0.2, 0.25) is 0 Å². The molecule has 0 spiro atoms. The zero-order valence-electron chi connectivity index (χ0n) is 16.4. The summed E-state index contributed by atoms with van der Waals surface area (Å²) < 4.78 is 10.6. The number of benzene rings is 3. The zero-order valence-corrected chi connectivity index (χ0v) is 16.4. The van der Waals surface area contributed by atoms with Crippen LogP contribution in [-0.2, 0) is 20.7 Å². The number of fused-ring (bicyclic) bond motifs is 1. The Hall–Kier alpha value is -3.93. The first-order chi connectivity index (χ1) is 14.6. The van der Waals surface area contributed by atoms with Gasteiger partial charge in [-0.25, -0.2) is 0 Å². The Labute approximate surface area is 173 Å². The topological polar surface area (TPSA) is 81.4 Å². The SMILES string of the molecule is Cc1cc(NC(=O)[C@@H](OC(=O)Cc2cccc3ccccc23)c2ccccc2)no1. The largest absolute Gasteiger partial charge is 0.447 e. The molecule has 0 aliphatic heterocycles. The molecule has 0 aliphatic carbocycles. The molecule has 150 valence electrons. The van der Waals surface area contributed by atoms with Crippen molar-refractivity contribution in [1.29, 1.82) is 0 Å². The van der Waals surface area contributed by atoms with Gasteiger partial charge in [0.05, 0.1) is 6.42 Å². The fourth-order valence-corrected chi connectivity index (χ4v) is 3.29. The number of aryl methyl sites for hydroxylation is 1. The number of carbonyl (C=O) groups excluding carboxylic acids is 2. The second kappa shape index (κ2) is 8.61.